The number of carbonyl (C=O) groups excluding carboxylic acids is 2. The van der Waals surface area contributed by atoms with Gasteiger partial charge < -0.3 is 10.1 Å². The maximum atomic E-state index is 12.5. The van der Waals surface area contributed by atoms with Gasteiger partial charge in [0.1, 0.15) is 4.88 Å². The van der Waals surface area contributed by atoms with Gasteiger partial charge in [-0.15, -0.1) is 11.3 Å². The lowest BCUT2D eigenvalue weighted by molar-refractivity contribution is 0.0505. The number of amides is 1. The van der Waals surface area contributed by atoms with Gasteiger partial charge in [0.15, 0.2) is 0 Å². The molecule has 0 bridgehead atoms. The summed E-state index contributed by atoms with van der Waals surface area (Å²) in [6, 6.07) is 11.8. The second-order valence-electron chi connectivity index (χ2n) is 5.55. The van der Waals surface area contributed by atoms with Crippen LogP contribution < -0.4 is 5.32 Å². The zero-order valence-electron chi connectivity index (χ0n) is 13.8. The Labute approximate surface area is 164 Å². The summed E-state index contributed by atoms with van der Waals surface area (Å²) >= 11 is 13.6. The molecule has 1 aromatic heterocycles. The summed E-state index contributed by atoms with van der Waals surface area (Å²) in [5.74, 6) is -0.692. The van der Waals surface area contributed by atoms with Gasteiger partial charge in [-0.2, -0.15) is 0 Å². The number of hydrogen-bond acceptors (Lipinski definition) is 4. The number of halogens is 2. The number of anilines is 1. The van der Waals surface area contributed by atoms with Crippen molar-refractivity contribution in [3.8, 4) is 0 Å². The smallest absolute Gasteiger partial charge is 0.338 e. The summed E-state index contributed by atoms with van der Waals surface area (Å²) in [5, 5.41) is 4.57. The van der Waals surface area contributed by atoms with Crippen LogP contribution in [0.4, 0.5) is 5.69 Å². The highest BCUT2D eigenvalue weighted by molar-refractivity contribution is 7.21. The number of esters is 1. The SMILES string of the molecule is CCCOC(=O)c1ccc(NC(=O)c2sc3cc(Cl)ccc3c2Cl)cc1. The third kappa shape index (κ3) is 4.01. The molecule has 26 heavy (non-hydrogen) atoms. The average molecular weight is 408 g/mol. The summed E-state index contributed by atoms with van der Waals surface area (Å²) in [6.07, 6.45) is 0.765. The lowest BCUT2D eigenvalue weighted by atomic mass is 10.2. The van der Waals surface area contributed by atoms with Crippen molar-refractivity contribution in [3.05, 3.63) is 63.0 Å². The number of rotatable bonds is 5. The van der Waals surface area contributed by atoms with Crippen LogP contribution in [0, 0.1) is 0 Å². The fraction of sp³-hybridized carbons (Fsp3) is 0.158. The zero-order valence-corrected chi connectivity index (χ0v) is 16.2. The first-order valence-corrected chi connectivity index (χ1v) is 9.53. The summed E-state index contributed by atoms with van der Waals surface area (Å²) < 4.78 is 5.92. The van der Waals surface area contributed by atoms with E-state index in [1.54, 1.807) is 42.5 Å². The number of fused-ring (bicyclic) bond motifs is 1. The fourth-order valence-electron chi connectivity index (χ4n) is 2.34. The molecule has 0 spiro atoms. The lowest BCUT2D eigenvalue weighted by Crippen LogP contribution is -2.11. The van der Waals surface area contributed by atoms with E-state index in [9.17, 15) is 9.59 Å². The topological polar surface area (TPSA) is 55.4 Å². The molecule has 1 N–H and O–H groups in total. The van der Waals surface area contributed by atoms with E-state index in [1.807, 2.05) is 6.92 Å². The normalized spacial score (nSPS) is 10.7. The minimum Gasteiger partial charge on any atom is -0.462 e. The van der Waals surface area contributed by atoms with Gasteiger partial charge in [-0.05, 0) is 42.8 Å². The van der Waals surface area contributed by atoms with Crippen molar-refractivity contribution in [1.82, 2.24) is 0 Å². The van der Waals surface area contributed by atoms with Crippen molar-refractivity contribution in [2.75, 3.05) is 11.9 Å². The zero-order chi connectivity index (χ0) is 18.7. The molecule has 0 atom stereocenters. The van der Waals surface area contributed by atoms with Gasteiger partial charge in [0.2, 0.25) is 0 Å². The summed E-state index contributed by atoms with van der Waals surface area (Å²) in [6.45, 7) is 2.31. The Morgan fingerprint density at radius 1 is 1.12 bits per heavy atom. The van der Waals surface area contributed by atoms with Crippen LogP contribution in [-0.4, -0.2) is 18.5 Å². The molecule has 0 aliphatic carbocycles. The van der Waals surface area contributed by atoms with E-state index in [4.69, 9.17) is 27.9 Å². The third-order valence-electron chi connectivity index (χ3n) is 3.61. The number of nitrogens with one attached hydrogen (secondary N) is 1. The molecule has 0 aliphatic rings. The van der Waals surface area contributed by atoms with E-state index in [0.29, 0.717) is 32.8 Å². The second kappa shape index (κ2) is 8.08. The van der Waals surface area contributed by atoms with Gasteiger partial charge in [0.05, 0.1) is 17.2 Å². The van der Waals surface area contributed by atoms with Gasteiger partial charge in [0.25, 0.3) is 5.91 Å². The summed E-state index contributed by atoms with van der Waals surface area (Å²) in [4.78, 5) is 24.7. The molecule has 4 nitrogen and oxygen atoms in total. The van der Waals surface area contributed by atoms with Crippen molar-refractivity contribution in [2.24, 2.45) is 0 Å². The second-order valence-corrected chi connectivity index (χ2v) is 7.42. The van der Waals surface area contributed by atoms with E-state index in [1.165, 1.54) is 11.3 Å². The molecule has 134 valence electrons. The Morgan fingerprint density at radius 3 is 2.54 bits per heavy atom. The van der Waals surface area contributed by atoms with E-state index < -0.39 is 0 Å². The number of hydrogen-bond donors (Lipinski definition) is 1. The monoisotopic (exact) mass is 407 g/mol. The van der Waals surface area contributed by atoms with E-state index in [2.05, 4.69) is 5.32 Å². The predicted molar refractivity (Wildman–Crippen MR) is 107 cm³/mol. The number of thiophene rings is 1. The first kappa shape index (κ1) is 18.7. The molecule has 2 aromatic carbocycles. The molecule has 0 fully saturated rings. The Kier molecular flexibility index (Phi) is 5.81. The van der Waals surface area contributed by atoms with Crippen molar-refractivity contribution < 1.29 is 14.3 Å². The molecule has 7 heteroatoms. The summed E-state index contributed by atoms with van der Waals surface area (Å²) in [5.41, 5.74) is 1.000. The molecule has 0 saturated carbocycles. The highest BCUT2D eigenvalue weighted by Gasteiger charge is 2.17. The molecule has 0 aliphatic heterocycles. The molecule has 0 radical (unpaired) electrons. The molecular weight excluding hydrogens is 393 g/mol. The van der Waals surface area contributed by atoms with Gasteiger partial charge in [-0.1, -0.05) is 36.2 Å². The average Bonchev–Trinajstić information content (AvgIpc) is 2.96. The Hall–Kier alpha value is -2.08. The largest absolute Gasteiger partial charge is 0.462 e. The van der Waals surface area contributed by atoms with Gasteiger partial charge in [-0.25, -0.2) is 4.79 Å². The van der Waals surface area contributed by atoms with Crippen LogP contribution in [0.3, 0.4) is 0 Å². The number of ether oxygens (including phenoxy) is 1. The number of benzene rings is 2. The Bertz CT molecular complexity index is 967. The molecular formula is C19H15Cl2NO3S. The van der Waals surface area contributed by atoms with Crippen LogP contribution in [0.25, 0.3) is 10.1 Å². The molecule has 3 rings (SSSR count). The molecule has 1 amide bonds. The standard InChI is InChI=1S/C19H15Cl2NO3S/c1-2-9-25-19(24)11-3-6-13(7-4-11)22-18(23)17-16(21)14-8-5-12(20)10-15(14)26-17/h3-8,10H,2,9H2,1H3,(H,22,23). The molecule has 1 heterocycles. The maximum Gasteiger partial charge on any atom is 0.338 e. The highest BCUT2D eigenvalue weighted by atomic mass is 35.5. The summed E-state index contributed by atoms with van der Waals surface area (Å²) in [7, 11) is 0. The van der Waals surface area contributed by atoms with Crippen molar-refractivity contribution in [3.63, 3.8) is 0 Å². The first-order chi connectivity index (χ1) is 12.5. The number of carbonyl (C=O) groups is 2. The minimum atomic E-state index is -0.380. The Morgan fingerprint density at radius 2 is 1.85 bits per heavy atom. The van der Waals surface area contributed by atoms with Crippen LogP contribution in [0.1, 0.15) is 33.4 Å². The molecule has 3 aromatic rings. The fourth-order valence-corrected chi connectivity index (χ4v) is 4.03. The van der Waals surface area contributed by atoms with Gasteiger partial charge >= 0.3 is 5.97 Å². The third-order valence-corrected chi connectivity index (χ3v) is 5.50. The molecule has 0 unspecified atom stereocenters. The van der Waals surface area contributed by atoms with Gasteiger partial charge in [0, 0.05) is 20.8 Å². The minimum absolute atomic E-state index is 0.311. The predicted octanol–water partition coefficient (Wildman–Crippen LogP) is 6.03. The van der Waals surface area contributed by atoms with Crippen molar-refractivity contribution in [1.29, 1.82) is 0 Å². The van der Waals surface area contributed by atoms with Crippen LogP contribution in [0.15, 0.2) is 42.5 Å². The van der Waals surface area contributed by atoms with Crippen LogP contribution in [-0.2, 0) is 4.74 Å². The van der Waals surface area contributed by atoms with E-state index >= 15 is 0 Å². The van der Waals surface area contributed by atoms with E-state index in [0.717, 1.165) is 16.5 Å². The van der Waals surface area contributed by atoms with Crippen LogP contribution in [0.5, 0.6) is 0 Å². The van der Waals surface area contributed by atoms with Crippen molar-refractivity contribution in [2.45, 2.75) is 13.3 Å². The van der Waals surface area contributed by atoms with Crippen LogP contribution >= 0.6 is 34.5 Å². The molecule has 0 saturated heterocycles. The quantitative estimate of drug-likeness (QED) is 0.525. The van der Waals surface area contributed by atoms with Crippen LogP contribution in [0.2, 0.25) is 10.0 Å². The highest BCUT2D eigenvalue weighted by Crippen LogP contribution is 2.37. The van der Waals surface area contributed by atoms with E-state index in [-0.39, 0.29) is 11.9 Å². The lowest BCUT2D eigenvalue weighted by Gasteiger charge is -2.06. The van der Waals surface area contributed by atoms with Crippen molar-refractivity contribution >= 4 is 62.2 Å². The Balaban J connectivity index is 1.76. The maximum absolute atomic E-state index is 12.5. The van der Waals surface area contributed by atoms with Gasteiger partial charge in [-0.3, -0.25) is 4.79 Å². The first-order valence-electron chi connectivity index (χ1n) is 7.95.